The van der Waals surface area contributed by atoms with Gasteiger partial charge in [-0.2, -0.15) is 0 Å². The van der Waals surface area contributed by atoms with Crippen LogP contribution in [-0.4, -0.2) is 19.6 Å². The molecule has 0 unspecified atom stereocenters. The molecular formula is C10H12INO3. The van der Waals surface area contributed by atoms with Crippen molar-refractivity contribution in [1.82, 2.24) is 0 Å². The Hall–Kier alpha value is -0.980. The van der Waals surface area contributed by atoms with Crippen LogP contribution in [-0.2, 0) is 0 Å². The summed E-state index contributed by atoms with van der Waals surface area (Å²) in [4.78, 5) is 11.2. The minimum Gasteiger partial charge on any atom is -0.493 e. The van der Waals surface area contributed by atoms with E-state index in [1.165, 1.54) is 7.11 Å². The number of carbonyl (C=O) groups excluding carboxylic acids is 1. The molecule has 1 rings (SSSR count). The second-order valence-corrected chi connectivity index (χ2v) is 4.03. The first kappa shape index (κ1) is 12.1. The fourth-order valence-electron chi connectivity index (χ4n) is 1.20. The van der Waals surface area contributed by atoms with Crippen molar-refractivity contribution in [2.24, 2.45) is 5.73 Å². The van der Waals surface area contributed by atoms with E-state index < -0.39 is 5.91 Å². The lowest BCUT2D eigenvalue weighted by Gasteiger charge is -2.12. The predicted molar refractivity (Wildman–Crippen MR) is 65.4 cm³/mol. The fourth-order valence-corrected chi connectivity index (χ4v) is 1.79. The summed E-state index contributed by atoms with van der Waals surface area (Å²) in [5, 5.41) is 0. The van der Waals surface area contributed by atoms with Gasteiger partial charge in [-0.25, -0.2) is 0 Å². The summed E-state index contributed by atoms with van der Waals surface area (Å²) in [6, 6.07) is 3.47. The van der Waals surface area contributed by atoms with Crippen LogP contribution in [0.1, 0.15) is 17.3 Å². The highest BCUT2D eigenvalue weighted by Crippen LogP contribution is 2.33. The van der Waals surface area contributed by atoms with E-state index in [1.54, 1.807) is 12.1 Å². The zero-order valence-electron chi connectivity index (χ0n) is 8.54. The average molecular weight is 321 g/mol. The molecule has 0 spiro atoms. The number of nitrogens with two attached hydrogens (primary N) is 1. The summed E-state index contributed by atoms with van der Waals surface area (Å²) in [7, 11) is 1.53. The fraction of sp³-hybridized carbons (Fsp3) is 0.300. The molecule has 1 aromatic rings. The van der Waals surface area contributed by atoms with Crippen molar-refractivity contribution in [1.29, 1.82) is 0 Å². The third-order valence-electron chi connectivity index (χ3n) is 1.79. The quantitative estimate of drug-likeness (QED) is 0.860. The molecule has 82 valence electrons. The Morgan fingerprint density at radius 1 is 1.53 bits per heavy atom. The summed E-state index contributed by atoms with van der Waals surface area (Å²) in [6.07, 6.45) is 0. The molecule has 5 heteroatoms. The average Bonchev–Trinajstić information content (AvgIpc) is 2.19. The number of benzene rings is 1. The van der Waals surface area contributed by atoms with Crippen LogP contribution in [0.15, 0.2) is 12.1 Å². The van der Waals surface area contributed by atoms with Crippen LogP contribution < -0.4 is 15.2 Å². The van der Waals surface area contributed by atoms with E-state index in [4.69, 9.17) is 15.2 Å². The summed E-state index contributed by atoms with van der Waals surface area (Å²) in [5.74, 6) is 0.417. The lowest BCUT2D eigenvalue weighted by atomic mass is 10.2. The Morgan fingerprint density at radius 2 is 2.20 bits per heavy atom. The van der Waals surface area contributed by atoms with Gasteiger partial charge in [0.1, 0.15) is 0 Å². The van der Waals surface area contributed by atoms with E-state index in [2.05, 4.69) is 22.6 Å². The number of primary amides is 1. The van der Waals surface area contributed by atoms with Gasteiger partial charge in [0.2, 0.25) is 0 Å². The predicted octanol–water partition coefficient (Wildman–Crippen LogP) is 1.80. The van der Waals surface area contributed by atoms with Crippen LogP contribution in [0, 0.1) is 3.57 Å². The number of halogens is 1. The minimum absolute atomic E-state index is 0.348. The molecule has 0 bridgehead atoms. The molecule has 0 heterocycles. The molecule has 1 aromatic carbocycles. The standard InChI is InChI=1S/C10H12INO3/c1-3-15-9-7(10(12)13)4-6(11)5-8(9)14-2/h4-5H,3H2,1-2H3,(H2,12,13). The topological polar surface area (TPSA) is 61.6 Å². The monoisotopic (exact) mass is 321 g/mol. The van der Waals surface area contributed by atoms with Crippen LogP contribution >= 0.6 is 22.6 Å². The molecule has 0 radical (unpaired) electrons. The molecule has 0 aliphatic carbocycles. The van der Waals surface area contributed by atoms with E-state index in [0.717, 1.165) is 3.57 Å². The third kappa shape index (κ3) is 2.74. The van der Waals surface area contributed by atoms with Gasteiger partial charge in [0.15, 0.2) is 11.5 Å². The Balaban J connectivity index is 3.33. The Morgan fingerprint density at radius 3 is 2.67 bits per heavy atom. The van der Waals surface area contributed by atoms with Crippen LogP contribution in [0.2, 0.25) is 0 Å². The van der Waals surface area contributed by atoms with Crippen LogP contribution in [0.4, 0.5) is 0 Å². The molecule has 2 N–H and O–H groups in total. The van der Waals surface area contributed by atoms with Crippen molar-refractivity contribution in [3.05, 3.63) is 21.3 Å². The first-order valence-electron chi connectivity index (χ1n) is 4.40. The van der Waals surface area contributed by atoms with E-state index >= 15 is 0 Å². The summed E-state index contributed by atoms with van der Waals surface area (Å²) >= 11 is 2.09. The molecule has 1 amide bonds. The van der Waals surface area contributed by atoms with Crippen molar-refractivity contribution in [2.45, 2.75) is 6.92 Å². The maximum Gasteiger partial charge on any atom is 0.252 e. The number of hydrogen-bond donors (Lipinski definition) is 1. The van der Waals surface area contributed by atoms with Crippen molar-refractivity contribution in [3.8, 4) is 11.5 Å². The lowest BCUT2D eigenvalue weighted by Crippen LogP contribution is -2.14. The highest BCUT2D eigenvalue weighted by atomic mass is 127. The first-order valence-corrected chi connectivity index (χ1v) is 5.48. The van der Waals surface area contributed by atoms with Crippen molar-refractivity contribution in [2.75, 3.05) is 13.7 Å². The number of methoxy groups -OCH3 is 1. The van der Waals surface area contributed by atoms with Gasteiger partial charge in [-0.05, 0) is 41.6 Å². The normalized spacial score (nSPS) is 9.80. The summed E-state index contributed by atoms with van der Waals surface area (Å²) in [5.41, 5.74) is 5.61. The molecule has 0 aliphatic rings. The van der Waals surface area contributed by atoms with Crippen LogP contribution in [0.25, 0.3) is 0 Å². The second kappa shape index (κ2) is 5.20. The van der Waals surface area contributed by atoms with Gasteiger partial charge < -0.3 is 15.2 Å². The lowest BCUT2D eigenvalue weighted by molar-refractivity contribution is 0.0996. The van der Waals surface area contributed by atoms with E-state index in [-0.39, 0.29) is 0 Å². The number of hydrogen-bond acceptors (Lipinski definition) is 3. The van der Waals surface area contributed by atoms with Gasteiger partial charge >= 0.3 is 0 Å². The first-order chi connectivity index (χ1) is 7.10. The highest BCUT2D eigenvalue weighted by molar-refractivity contribution is 14.1. The smallest absolute Gasteiger partial charge is 0.252 e. The Bertz CT molecular complexity index is 379. The highest BCUT2D eigenvalue weighted by Gasteiger charge is 2.15. The zero-order chi connectivity index (χ0) is 11.4. The summed E-state index contributed by atoms with van der Waals surface area (Å²) < 4.78 is 11.4. The second-order valence-electron chi connectivity index (χ2n) is 2.78. The van der Waals surface area contributed by atoms with Gasteiger partial charge in [0.05, 0.1) is 19.3 Å². The number of ether oxygens (including phenoxy) is 2. The van der Waals surface area contributed by atoms with Gasteiger partial charge in [-0.1, -0.05) is 0 Å². The molecular weight excluding hydrogens is 309 g/mol. The maximum absolute atomic E-state index is 11.2. The van der Waals surface area contributed by atoms with Gasteiger partial charge in [-0.3, -0.25) is 4.79 Å². The SMILES string of the molecule is CCOc1c(OC)cc(I)cc1C(N)=O. The van der Waals surface area contributed by atoms with Crippen LogP contribution in [0.5, 0.6) is 11.5 Å². The number of amides is 1. The van der Waals surface area contributed by atoms with E-state index in [0.29, 0.717) is 23.7 Å². The minimum atomic E-state index is -0.518. The molecule has 4 nitrogen and oxygen atoms in total. The molecule has 0 saturated carbocycles. The number of rotatable bonds is 4. The maximum atomic E-state index is 11.2. The Kier molecular flexibility index (Phi) is 4.19. The van der Waals surface area contributed by atoms with Gasteiger partial charge in [0.25, 0.3) is 5.91 Å². The molecule has 15 heavy (non-hydrogen) atoms. The van der Waals surface area contributed by atoms with Crippen molar-refractivity contribution in [3.63, 3.8) is 0 Å². The van der Waals surface area contributed by atoms with Gasteiger partial charge in [0, 0.05) is 3.57 Å². The van der Waals surface area contributed by atoms with E-state index in [9.17, 15) is 4.79 Å². The van der Waals surface area contributed by atoms with Crippen molar-refractivity contribution < 1.29 is 14.3 Å². The molecule has 0 aliphatic heterocycles. The zero-order valence-corrected chi connectivity index (χ0v) is 10.7. The molecule has 0 aromatic heterocycles. The third-order valence-corrected chi connectivity index (χ3v) is 2.42. The molecule has 0 fully saturated rings. The summed E-state index contributed by atoms with van der Waals surface area (Å²) in [6.45, 7) is 2.29. The molecule has 0 atom stereocenters. The Labute approximate surface area is 102 Å². The number of carbonyl (C=O) groups is 1. The van der Waals surface area contributed by atoms with Gasteiger partial charge in [-0.15, -0.1) is 0 Å². The van der Waals surface area contributed by atoms with Crippen molar-refractivity contribution >= 4 is 28.5 Å². The van der Waals surface area contributed by atoms with Crippen LogP contribution in [0.3, 0.4) is 0 Å². The largest absolute Gasteiger partial charge is 0.493 e. The molecule has 0 saturated heterocycles. The van der Waals surface area contributed by atoms with E-state index in [1.807, 2.05) is 6.92 Å².